The Morgan fingerprint density at radius 1 is 1.16 bits per heavy atom. The highest BCUT2D eigenvalue weighted by Crippen LogP contribution is 2.34. The molecule has 32 heavy (non-hydrogen) atoms. The molecule has 0 saturated heterocycles. The Labute approximate surface area is 197 Å². The molecule has 2 aromatic heterocycles. The number of thiazole rings is 1. The van der Waals surface area contributed by atoms with Gasteiger partial charge >= 0.3 is 0 Å². The number of aromatic nitrogens is 3. The number of hydrogen-bond donors (Lipinski definition) is 0. The van der Waals surface area contributed by atoms with Crippen molar-refractivity contribution in [2.45, 2.75) is 46.1 Å². The summed E-state index contributed by atoms with van der Waals surface area (Å²) in [4.78, 5) is 24.3. The van der Waals surface area contributed by atoms with E-state index in [1.54, 1.807) is 17.4 Å². The largest absolute Gasteiger partial charge is 0.337 e. The molecule has 4 aromatic rings. The molecule has 4 rings (SSSR count). The Bertz CT molecular complexity index is 1220. The molecule has 0 atom stereocenters. The number of hydrogen-bond acceptors (Lipinski definition) is 4. The maximum Gasteiger partial charge on any atom is 0.260 e. The van der Waals surface area contributed by atoms with Crippen LogP contribution in [0.15, 0.2) is 55.1 Å². The third kappa shape index (κ3) is 4.71. The molecule has 7 heteroatoms. The van der Waals surface area contributed by atoms with Crippen molar-refractivity contribution in [2.24, 2.45) is 0 Å². The highest BCUT2D eigenvalue weighted by Gasteiger charge is 2.23. The van der Waals surface area contributed by atoms with E-state index in [-0.39, 0.29) is 11.3 Å². The lowest BCUT2D eigenvalue weighted by Crippen LogP contribution is -2.32. The smallest absolute Gasteiger partial charge is 0.260 e. The topological polar surface area (TPSA) is 51.0 Å². The van der Waals surface area contributed by atoms with E-state index in [9.17, 15) is 4.79 Å². The molecule has 1 amide bonds. The summed E-state index contributed by atoms with van der Waals surface area (Å²) < 4.78 is 3.04. The number of nitrogens with zero attached hydrogens (tertiary/aromatic N) is 4. The van der Waals surface area contributed by atoms with Crippen molar-refractivity contribution >= 4 is 44.2 Å². The molecular formula is C25H27ClN4OS. The summed E-state index contributed by atoms with van der Waals surface area (Å²) in [6.45, 7) is 9.81. The van der Waals surface area contributed by atoms with Gasteiger partial charge in [-0.25, -0.2) is 9.97 Å². The molecule has 166 valence electrons. The van der Waals surface area contributed by atoms with E-state index in [1.165, 1.54) is 16.9 Å². The number of halogens is 1. The van der Waals surface area contributed by atoms with Crippen molar-refractivity contribution in [1.82, 2.24) is 14.5 Å². The van der Waals surface area contributed by atoms with Crippen molar-refractivity contribution in [3.63, 3.8) is 0 Å². The van der Waals surface area contributed by atoms with E-state index >= 15 is 0 Å². The third-order valence-corrected chi connectivity index (χ3v) is 7.02. The first-order valence-corrected chi connectivity index (χ1v) is 11.9. The normalized spacial score (nSPS) is 11.8. The van der Waals surface area contributed by atoms with Gasteiger partial charge in [0.1, 0.15) is 0 Å². The summed E-state index contributed by atoms with van der Waals surface area (Å²) in [5.74, 6) is -0.0427. The maximum absolute atomic E-state index is 13.6. The number of benzene rings is 2. The van der Waals surface area contributed by atoms with Gasteiger partial charge in [-0.1, -0.05) is 55.8 Å². The summed E-state index contributed by atoms with van der Waals surface area (Å²) in [6, 6.07) is 11.8. The molecule has 2 aromatic carbocycles. The molecule has 0 spiro atoms. The van der Waals surface area contributed by atoms with Crippen LogP contribution in [0, 0.1) is 6.92 Å². The fourth-order valence-electron chi connectivity index (χ4n) is 3.59. The number of anilines is 1. The lowest BCUT2D eigenvalue weighted by Gasteiger charge is -2.22. The van der Waals surface area contributed by atoms with Crippen molar-refractivity contribution < 1.29 is 4.79 Å². The molecule has 0 N–H and O–H groups in total. The summed E-state index contributed by atoms with van der Waals surface area (Å²) in [5, 5.41) is 1.38. The first kappa shape index (κ1) is 22.5. The molecule has 0 aliphatic heterocycles. The quantitative estimate of drug-likeness (QED) is 0.326. The van der Waals surface area contributed by atoms with Crippen molar-refractivity contribution in [1.29, 1.82) is 0 Å². The monoisotopic (exact) mass is 466 g/mol. The van der Waals surface area contributed by atoms with Gasteiger partial charge in [0.2, 0.25) is 0 Å². The second kappa shape index (κ2) is 9.04. The summed E-state index contributed by atoms with van der Waals surface area (Å²) in [5.41, 5.74) is 3.69. The van der Waals surface area contributed by atoms with E-state index < -0.39 is 0 Å². The van der Waals surface area contributed by atoms with Crippen LogP contribution in [0.4, 0.5) is 5.13 Å². The number of carbonyl (C=O) groups is 1. The first-order chi connectivity index (χ1) is 15.2. The molecule has 0 saturated carbocycles. The van der Waals surface area contributed by atoms with Gasteiger partial charge in [-0.05, 0) is 54.2 Å². The average molecular weight is 467 g/mol. The van der Waals surface area contributed by atoms with E-state index in [2.05, 4.69) is 25.8 Å². The van der Waals surface area contributed by atoms with Crippen molar-refractivity contribution in [3.8, 4) is 0 Å². The molecule has 0 unspecified atom stereocenters. The third-order valence-electron chi connectivity index (χ3n) is 5.57. The van der Waals surface area contributed by atoms with Gasteiger partial charge in [0.25, 0.3) is 5.91 Å². The van der Waals surface area contributed by atoms with Crippen molar-refractivity contribution in [3.05, 3.63) is 76.8 Å². The number of fused-ring (bicyclic) bond motifs is 1. The van der Waals surface area contributed by atoms with Crippen LogP contribution in [0.1, 0.15) is 48.7 Å². The van der Waals surface area contributed by atoms with Gasteiger partial charge in [-0.15, -0.1) is 0 Å². The van der Waals surface area contributed by atoms with Gasteiger partial charge in [-0.3, -0.25) is 9.69 Å². The minimum atomic E-state index is -0.0427. The van der Waals surface area contributed by atoms with Gasteiger partial charge in [0, 0.05) is 36.1 Å². The van der Waals surface area contributed by atoms with Crippen LogP contribution in [0.25, 0.3) is 10.2 Å². The highest BCUT2D eigenvalue weighted by atomic mass is 35.5. The number of imidazole rings is 1. The first-order valence-electron chi connectivity index (χ1n) is 10.7. The average Bonchev–Trinajstić information content (AvgIpc) is 3.43. The lowest BCUT2D eigenvalue weighted by molar-refractivity contribution is 0.0986. The zero-order valence-electron chi connectivity index (χ0n) is 18.8. The summed E-state index contributed by atoms with van der Waals surface area (Å²) in [7, 11) is 0. The predicted octanol–water partition coefficient (Wildman–Crippen LogP) is 6.49. The van der Waals surface area contributed by atoms with E-state index in [0.29, 0.717) is 22.3 Å². The van der Waals surface area contributed by atoms with Gasteiger partial charge < -0.3 is 4.57 Å². The molecule has 0 aliphatic rings. The van der Waals surface area contributed by atoms with Crippen LogP contribution in [-0.4, -0.2) is 27.0 Å². The van der Waals surface area contributed by atoms with Crippen LogP contribution in [-0.2, 0) is 12.0 Å². The summed E-state index contributed by atoms with van der Waals surface area (Å²) >= 11 is 7.83. The molecule has 0 fully saturated rings. The highest BCUT2D eigenvalue weighted by molar-refractivity contribution is 7.22. The second-order valence-corrected chi connectivity index (χ2v) is 10.4. The molecule has 2 heterocycles. The van der Waals surface area contributed by atoms with Crippen LogP contribution < -0.4 is 4.90 Å². The van der Waals surface area contributed by atoms with Crippen LogP contribution in [0.2, 0.25) is 5.02 Å². The molecule has 0 radical (unpaired) electrons. The minimum Gasteiger partial charge on any atom is -0.337 e. The molecule has 0 bridgehead atoms. The SMILES string of the molecule is Cc1c(Cl)ccc2sc(N(CCCn3ccnc3)C(=O)c3ccc(C(C)(C)C)cc3)nc12. The van der Waals surface area contributed by atoms with Crippen LogP contribution >= 0.6 is 22.9 Å². The zero-order valence-corrected chi connectivity index (χ0v) is 20.4. The van der Waals surface area contributed by atoms with E-state index in [1.807, 2.05) is 54.1 Å². The van der Waals surface area contributed by atoms with Gasteiger partial charge in [-0.2, -0.15) is 0 Å². The number of amides is 1. The van der Waals surface area contributed by atoms with Crippen molar-refractivity contribution in [2.75, 3.05) is 11.4 Å². The fraction of sp³-hybridized carbons (Fsp3) is 0.320. The molecule has 0 aliphatic carbocycles. The van der Waals surface area contributed by atoms with E-state index in [0.717, 1.165) is 28.7 Å². The predicted molar refractivity (Wildman–Crippen MR) is 133 cm³/mol. The van der Waals surface area contributed by atoms with E-state index in [4.69, 9.17) is 16.6 Å². The Hall–Kier alpha value is -2.70. The van der Waals surface area contributed by atoms with Gasteiger partial charge in [0.15, 0.2) is 5.13 Å². The second-order valence-electron chi connectivity index (χ2n) is 8.95. The lowest BCUT2D eigenvalue weighted by atomic mass is 9.86. The van der Waals surface area contributed by atoms with Crippen LogP contribution in [0.3, 0.4) is 0 Å². The molecule has 5 nitrogen and oxygen atoms in total. The standard InChI is InChI=1S/C25H27ClN4OS/c1-17-20(26)10-11-21-22(17)28-24(32-21)30(14-5-13-29-15-12-27-16-29)23(31)18-6-8-19(9-7-18)25(2,3)4/h6-12,15-16H,5,13-14H2,1-4H3. The minimum absolute atomic E-state index is 0.0376. The number of aryl methyl sites for hydroxylation is 2. The summed E-state index contributed by atoms with van der Waals surface area (Å²) in [6.07, 6.45) is 6.28. The van der Waals surface area contributed by atoms with Crippen LogP contribution in [0.5, 0.6) is 0 Å². The molecular weight excluding hydrogens is 440 g/mol. The Morgan fingerprint density at radius 2 is 1.91 bits per heavy atom. The Kier molecular flexibility index (Phi) is 6.35. The Morgan fingerprint density at radius 3 is 2.56 bits per heavy atom. The van der Waals surface area contributed by atoms with Gasteiger partial charge in [0.05, 0.1) is 16.5 Å². The Balaban J connectivity index is 1.65. The number of rotatable bonds is 6. The maximum atomic E-state index is 13.6. The number of carbonyl (C=O) groups excluding carboxylic acids is 1. The fourth-order valence-corrected chi connectivity index (χ4v) is 4.79. The zero-order chi connectivity index (χ0) is 22.9.